The number of aliphatic hydroxyl groups excluding tert-OH is 1. The van der Waals surface area contributed by atoms with Gasteiger partial charge in [-0.2, -0.15) is 0 Å². The molecule has 1 fully saturated rings. The third-order valence-electron chi connectivity index (χ3n) is 2.57. The molecule has 16 heavy (non-hydrogen) atoms. The fourth-order valence-corrected chi connectivity index (χ4v) is 1.65. The average molecular weight is 232 g/mol. The Labute approximate surface area is 95.7 Å². The Bertz CT molecular complexity index is 207. The summed E-state index contributed by atoms with van der Waals surface area (Å²) in [4.78, 5) is 11.5. The predicted octanol–water partition coefficient (Wildman–Crippen LogP) is 0.00600. The molecule has 5 heteroatoms. The molecule has 0 aromatic rings. The van der Waals surface area contributed by atoms with Gasteiger partial charge in [0.1, 0.15) is 5.78 Å². The van der Waals surface area contributed by atoms with Crippen LogP contribution in [-0.4, -0.2) is 57.1 Å². The molecule has 1 N–H and O–H groups in total. The Morgan fingerprint density at radius 3 is 3.06 bits per heavy atom. The van der Waals surface area contributed by atoms with E-state index < -0.39 is 6.10 Å². The van der Waals surface area contributed by atoms with Crippen LogP contribution in [0.3, 0.4) is 0 Å². The first-order valence-electron chi connectivity index (χ1n) is 5.59. The highest BCUT2D eigenvalue weighted by molar-refractivity contribution is 5.81. The summed E-state index contributed by atoms with van der Waals surface area (Å²) >= 11 is 0. The Morgan fingerprint density at radius 1 is 1.56 bits per heavy atom. The molecule has 2 atom stereocenters. The van der Waals surface area contributed by atoms with Gasteiger partial charge < -0.3 is 19.3 Å². The highest BCUT2D eigenvalue weighted by Crippen LogP contribution is 2.15. The summed E-state index contributed by atoms with van der Waals surface area (Å²) in [7, 11) is 1.60. The number of carbonyl (C=O) groups excluding carboxylic acids is 1. The van der Waals surface area contributed by atoms with E-state index in [4.69, 9.17) is 14.2 Å². The number of hydrogen-bond donors (Lipinski definition) is 1. The van der Waals surface area contributed by atoms with E-state index in [9.17, 15) is 9.90 Å². The first-order chi connectivity index (χ1) is 7.74. The van der Waals surface area contributed by atoms with Crippen molar-refractivity contribution >= 4 is 5.78 Å². The molecule has 0 radical (unpaired) electrons. The first-order valence-corrected chi connectivity index (χ1v) is 5.59. The maximum atomic E-state index is 11.5. The van der Waals surface area contributed by atoms with Gasteiger partial charge in [0, 0.05) is 19.4 Å². The molecule has 0 aliphatic carbocycles. The molecule has 0 saturated carbocycles. The van der Waals surface area contributed by atoms with E-state index >= 15 is 0 Å². The summed E-state index contributed by atoms with van der Waals surface area (Å²) in [5, 5.41) is 9.64. The van der Waals surface area contributed by atoms with Crippen LogP contribution in [0.15, 0.2) is 0 Å². The standard InChI is InChI=1S/C11H20O5/c1-14-4-5-16-8-10(12)6-9-7-15-3-2-11(9)13/h9-10,12H,2-8H2,1H3. The lowest BCUT2D eigenvalue weighted by molar-refractivity contribution is -0.132. The van der Waals surface area contributed by atoms with Crippen LogP contribution in [0, 0.1) is 5.92 Å². The van der Waals surface area contributed by atoms with Gasteiger partial charge in [0.15, 0.2) is 0 Å². The lowest BCUT2D eigenvalue weighted by atomic mass is 9.94. The van der Waals surface area contributed by atoms with Gasteiger partial charge in [0.25, 0.3) is 0 Å². The second-order valence-corrected chi connectivity index (χ2v) is 3.95. The Kier molecular flexibility index (Phi) is 6.56. The number of carbonyl (C=O) groups is 1. The summed E-state index contributed by atoms with van der Waals surface area (Å²) < 4.78 is 15.2. The van der Waals surface area contributed by atoms with Crippen LogP contribution in [0.25, 0.3) is 0 Å². The molecule has 1 saturated heterocycles. The van der Waals surface area contributed by atoms with E-state index in [0.717, 1.165) is 0 Å². The van der Waals surface area contributed by atoms with Gasteiger partial charge in [-0.05, 0) is 6.42 Å². The Morgan fingerprint density at radius 2 is 2.38 bits per heavy atom. The largest absolute Gasteiger partial charge is 0.391 e. The van der Waals surface area contributed by atoms with E-state index in [1.54, 1.807) is 7.11 Å². The summed E-state index contributed by atoms with van der Waals surface area (Å²) in [5.74, 6) is 0.0111. The molecule has 5 nitrogen and oxygen atoms in total. The summed E-state index contributed by atoms with van der Waals surface area (Å²) in [6.07, 6.45) is 0.279. The van der Waals surface area contributed by atoms with Crippen molar-refractivity contribution in [3.05, 3.63) is 0 Å². The number of rotatable bonds is 7. The summed E-state index contributed by atoms with van der Waals surface area (Å²) in [5.41, 5.74) is 0. The fourth-order valence-electron chi connectivity index (χ4n) is 1.65. The minimum atomic E-state index is -0.604. The SMILES string of the molecule is COCCOCC(O)CC1COCCC1=O. The lowest BCUT2D eigenvalue weighted by Crippen LogP contribution is -2.32. The number of hydrogen-bond acceptors (Lipinski definition) is 5. The number of methoxy groups -OCH3 is 1. The third-order valence-corrected chi connectivity index (χ3v) is 2.57. The van der Waals surface area contributed by atoms with Crippen molar-refractivity contribution in [2.75, 3.05) is 40.1 Å². The van der Waals surface area contributed by atoms with E-state index in [1.807, 2.05) is 0 Å². The van der Waals surface area contributed by atoms with Crippen molar-refractivity contribution in [2.24, 2.45) is 5.92 Å². The van der Waals surface area contributed by atoms with Crippen LogP contribution >= 0.6 is 0 Å². The van der Waals surface area contributed by atoms with Crippen LogP contribution in [-0.2, 0) is 19.0 Å². The molecule has 0 spiro atoms. The normalized spacial score (nSPS) is 23.4. The third kappa shape index (κ3) is 5.03. The minimum Gasteiger partial charge on any atom is -0.391 e. The number of Topliss-reactive ketones (excluding diaryl/α,β-unsaturated/α-hetero) is 1. The molecule has 1 heterocycles. The smallest absolute Gasteiger partial charge is 0.140 e. The van der Waals surface area contributed by atoms with Crippen molar-refractivity contribution in [3.8, 4) is 0 Å². The zero-order chi connectivity index (χ0) is 11.8. The molecular formula is C11H20O5. The number of ether oxygens (including phenoxy) is 3. The van der Waals surface area contributed by atoms with Gasteiger partial charge in [0.2, 0.25) is 0 Å². The number of ketones is 1. The Hall–Kier alpha value is -0.490. The monoisotopic (exact) mass is 232 g/mol. The fraction of sp³-hybridized carbons (Fsp3) is 0.909. The first kappa shape index (κ1) is 13.6. The molecule has 0 amide bonds. The average Bonchev–Trinajstić information content (AvgIpc) is 2.28. The highest BCUT2D eigenvalue weighted by Gasteiger charge is 2.25. The van der Waals surface area contributed by atoms with Gasteiger partial charge in [0.05, 0.1) is 39.1 Å². The van der Waals surface area contributed by atoms with E-state index in [2.05, 4.69) is 0 Å². The Balaban J connectivity index is 2.12. The van der Waals surface area contributed by atoms with E-state index in [0.29, 0.717) is 39.3 Å². The highest BCUT2D eigenvalue weighted by atomic mass is 16.5. The molecule has 0 aromatic heterocycles. The lowest BCUT2D eigenvalue weighted by Gasteiger charge is -2.23. The molecule has 0 bridgehead atoms. The minimum absolute atomic E-state index is 0.172. The van der Waals surface area contributed by atoms with Gasteiger partial charge in [-0.3, -0.25) is 4.79 Å². The van der Waals surface area contributed by atoms with Crippen molar-refractivity contribution in [2.45, 2.75) is 18.9 Å². The van der Waals surface area contributed by atoms with Crippen molar-refractivity contribution in [1.82, 2.24) is 0 Å². The molecule has 1 aliphatic rings. The van der Waals surface area contributed by atoms with Gasteiger partial charge in [-0.1, -0.05) is 0 Å². The maximum absolute atomic E-state index is 11.5. The second-order valence-electron chi connectivity index (χ2n) is 3.95. The van der Waals surface area contributed by atoms with E-state index in [-0.39, 0.29) is 18.3 Å². The van der Waals surface area contributed by atoms with Gasteiger partial charge in [-0.25, -0.2) is 0 Å². The van der Waals surface area contributed by atoms with Gasteiger partial charge >= 0.3 is 0 Å². The quantitative estimate of drug-likeness (QED) is 0.626. The predicted molar refractivity (Wildman–Crippen MR) is 57.3 cm³/mol. The van der Waals surface area contributed by atoms with Crippen molar-refractivity contribution in [3.63, 3.8) is 0 Å². The molecule has 1 rings (SSSR count). The van der Waals surface area contributed by atoms with E-state index in [1.165, 1.54) is 0 Å². The molecule has 94 valence electrons. The topological polar surface area (TPSA) is 65.0 Å². The molecule has 2 unspecified atom stereocenters. The zero-order valence-electron chi connectivity index (χ0n) is 9.68. The molecule has 1 aliphatic heterocycles. The van der Waals surface area contributed by atoms with Crippen molar-refractivity contribution in [1.29, 1.82) is 0 Å². The van der Waals surface area contributed by atoms with Crippen LogP contribution in [0.5, 0.6) is 0 Å². The zero-order valence-corrected chi connectivity index (χ0v) is 9.68. The van der Waals surface area contributed by atoms with Gasteiger partial charge in [-0.15, -0.1) is 0 Å². The molecular weight excluding hydrogens is 212 g/mol. The second kappa shape index (κ2) is 7.73. The van der Waals surface area contributed by atoms with Crippen LogP contribution in [0.2, 0.25) is 0 Å². The summed E-state index contributed by atoms with van der Waals surface area (Å²) in [6, 6.07) is 0. The van der Waals surface area contributed by atoms with Crippen LogP contribution in [0.1, 0.15) is 12.8 Å². The summed E-state index contributed by atoms with van der Waals surface area (Å²) in [6.45, 7) is 2.15. The number of aliphatic hydroxyl groups is 1. The molecule has 0 aromatic carbocycles. The van der Waals surface area contributed by atoms with Crippen LogP contribution < -0.4 is 0 Å². The maximum Gasteiger partial charge on any atom is 0.140 e. The van der Waals surface area contributed by atoms with Crippen molar-refractivity contribution < 1.29 is 24.1 Å². The van der Waals surface area contributed by atoms with Crippen LogP contribution in [0.4, 0.5) is 0 Å².